The Hall–Kier alpha value is -2.53. The van der Waals surface area contributed by atoms with Gasteiger partial charge in [-0.05, 0) is 56.0 Å². The molecule has 0 bridgehead atoms. The molecule has 0 radical (unpaired) electrons. The molecule has 2 N–H and O–H groups in total. The maximum absolute atomic E-state index is 12.3. The standard InChI is InChI=1S/C21H26ClN3O2/c1-14-10-15(2)20(16(3)11-14)24-19(26)13-25(4)21(27)23-9-8-17-6-5-7-18(22)12-17/h5-7,10-12H,8-9,13H2,1-4H3,(H,23,27)(H,24,26). The van der Waals surface area contributed by atoms with Crippen LogP contribution >= 0.6 is 11.6 Å². The molecular weight excluding hydrogens is 362 g/mol. The highest BCUT2D eigenvalue weighted by Crippen LogP contribution is 2.21. The Balaban J connectivity index is 1.82. The van der Waals surface area contributed by atoms with Crippen LogP contribution in [0.1, 0.15) is 22.3 Å². The number of hydrogen-bond acceptors (Lipinski definition) is 2. The van der Waals surface area contributed by atoms with E-state index in [0.29, 0.717) is 18.0 Å². The fraction of sp³-hybridized carbons (Fsp3) is 0.333. The van der Waals surface area contributed by atoms with E-state index >= 15 is 0 Å². The molecule has 0 fully saturated rings. The number of anilines is 1. The molecule has 5 nitrogen and oxygen atoms in total. The molecule has 3 amide bonds. The quantitative estimate of drug-likeness (QED) is 0.784. The summed E-state index contributed by atoms with van der Waals surface area (Å²) in [7, 11) is 1.60. The van der Waals surface area contributed by atoms with Crippen molar-refractivity contribution in [1.29, 1.82) is 0 Å². The van der Waals surface area contributed by atoms with Crippen molar-refractivity contribution in [3.63, 3.8) is 0 Å². The van der Waals surface area contributed by atoms with Gasteiger partial charge in [-0.15, -0.1) is 0 Å². The van der Waals surface area contributed by atoms with Crippen LogP contribution in [0.15, 0.2) is 36.4 Å². The average Bonchev–Trinajstić information content (AvgIpc) is 2.58. The molecule has 0 saturated carbocycles. The van der Waals surface area contributed by atoms with Crippen molar-refractivity contribution in [2.45, 2.75) is 27.2 Å². The van der Waals surface area contributed by atoms with E-state index in [4.69, 9.17) is 11.6 Å². The number of carbonyl (C=O) groups is 2. The molecule has 0 heterocycles. The third-order valence-corrected chi connectivity index (χ3v) is 4.48. The maximum Gasteiger partial charge on any atom is 0.317 e. The van der Waals surface area contributed by atoms with Crippen molar-refractivity contribution in [3.8, 4) is 0 Å². The lowest BCUT2D eigenvalue weighted by atomic mass is 10.1. The Kier molecular flexibility index (Phi) is 7.25. The zero-order valence-electron chi connectivity index (χ0n) is 16.2. The Bertz CT molecular complexity index is 813. The fourth-order valence-electron chi connectivity index (χ4n) is 2.98. The molecule has 6 heteroatoms. The van der Waals surface area contributed by atoms with Gasteiger partial charge < -0.3 is 15.5 Å². The number of likely N-dealkylation sites (N-methyl/N-ethyl adjacent to an activating group) is 1. The van der Waals surface area contributed by atoms with Crippen molar-refractivity contribution >= 4 is 29.2 Å². The van der Waals surface area contributed by atoms with Gasteiger partial charge in [-0.25, -0.2) is 4.79 Å². The van der Waals surface area contributed by atoms with Crippen molar-refractivity contribution in [2.24, 2.45) is 0 Å². The van der Waals surface area contributed by atoms with E-state index in [0.717, 1.165) is 27.9 Å². The van der Waals surface area contributed by atoms with Crippen LogP contribution in [-0.4, -0.2) is 37.0 Å². The van der Waals surface area contributed by atoms with E-state index in [-0.39, 0.29) is 18.5 Å². The van der Waals surface area contributed by atoms with E-state index in [2.05, 4.69) is 10.6 Å². The second kappa shape index (κ2) is 9.42. The predicted octanol–water partition coefficient (Wildman–Crippen LogP) is 4.09. The molecule has 0 unspecified atom stereocenters. The summed E-state index contributed by atoms with van der Waals surface area (Å²) in [6, 6.07) is 11.3. The highest BCUT2D eigenvalue weighted by Gasteiger charge is 2.14. The Morgan fingerprint density at radius 1 is 1.07 bits per heavy atom. The smallest absolute Gasteiger partial charge is 0.317 e. The lowest BCUT2D eigenvalue weighted by Crippen LogP contribution is -2.42. The van der Waals surface area contributed by atoms with Crippen LogP contribution in [0.2, 0.25) is 5.02 Å². The van der Waals surface area contributed by atoms with E-state index in [1.54, 1.807) is 7.05 Å². The fourth-order valence-corrected chi connectivity index (χ4v) is 3.20. The Morgan fingerprint density at radius 2 is 1.74 bits per heavy atom. The van der Waals surface area contributed by atoms with Gasteiger partial charge in [0, 0.05) is 24.3 Å². The lowest BCUT2D eigenvalue weighted by Gasteiger charge is -2.19. The summed E-state index contributed by atoms with van der Waals surface area (Å²) in [6.07, 6.45) is 0.675. The van der Waals surface area contributed by atoms with Gasteiger partial charge in [-0.1, -0.05) is 41.4 Å². The van der Waals surface area contributed by atoms with Crippen molar-refractivity contribution in [2.75, 3.05) is 25.5 Å². The molecular formula is C21H26ClN3O2. The topological polar surface area (TPSA) is 61.4 Å². The second-order valence-corrected chi connectivity index (χ2v) is 7.23. The zero-order valence-corrected chi connectivity index (χ0v) is 17.0. The molecule has 0 saturated heterocycles. The van der Waals surface area contributed by atoms with Crippen molar-refractivity contribution in [3.05, 3.63) is 63.7 Å². The van der Waals surface area contributed by atoms with Gasteiger partial charge in [-0.2, -0.15) is 0 Å². The van der Waals surface area contributed by atoms with Gasteiger partial charge >= 0.3 is 6.03 Å². The summed E-state index contributed by atoms with van der Waals surface area (Å²) in [5.74, 6) is -0.224. The van der Waals surface area contributed by atoms with Gasteiger partial charge in [0.1, 0.15) is 6.54 Å². The summed E-state index contributed by atoms with van der Waals surface area (Å²) >= 11 is 5.95. The van der Waals surface area contributed by atoms with E-state index in [1.807, 2.05) is 57.2 Å². The number of urea groups is 1. The molecule has 0 aliphatic carbocycles. The first-order valence-electron chi connectivity index (χ1n) is 8.87. The minimum absolute atomic E-state index is 0.0181. The van der Waals surface area contributed by atoms with Crippen LogP contribution in [0, 0.1) is 20.8 Å². The van der Waals surface area contributed by atoms with Crippen LogP contribution in [0.5, 0.6) is 0 Å². The first-order chi connectivity index (χ1) is 12.8. The Morgan fingerprint density at radius 3 is 2.37 bits per heavy atom. The number of aryl methyl sites for hydroxylation is 3. The van der Waals surface area contributed by atoms with Crippen LogP contribution in [0.4, 0.5) is 10.5 Å². The van der Waals surface area contributed by atoms with E-state index < -0.39 is 0 Å². The molecule has 0 spiro atoms. The number of carbonyl (C=O) groups excluding carboxylic acids is 2. The van der Waals surface area contributed by atoms with Gasteiger partial charge in [-0.3, -0.25) is 4.79 Å². The van der Waals surface area contributed by atoms with Crippen LogP contribution in [0.25, 0.3) is 0 Å². The number of benzene rings is 2. The summed E-state index contributed by atoms with van der Waals surface area (Å²) in [4.78, 5) is 25.8. The predicted molar refractivity (Wildman–Crippen MR) is 110 cm³/mol. The average molecular weight is 388 g/mol. The number of amides is 3. The summed E-state index contributed by atoms with van der Waals surface area (Å²) in [6.45, 7) is 6.40. The van der Waals surface area contributed by atoms with Gasteiger partial charge in [0.05, 0.1) is 0 Å². The van der Waals surface area contributed by atoms with E-state index in [9.17, 15) is 9.59 Å². The monoisotopic (exact) mass is 387 g/mol. The van der Waals surface area contributed by atoms with Crippen LogP contribution in [-0.2, 0) is 11.2 Å². The minimum Gasteiger partial charge on any atom is -0.338 e. The molecule has 0 aromatic heterocycles. The minimum atomic E-state index is -0.287. The third kappa shape index (κ3) is 6.29. The number of rotatable bonds is 6. The molecule has 2 rings (SSSR count). The van der Waals surface area contributed by atoms with Crippen molar-refractivity contribution in [1.82, 2.24) is 10.2 Å². The SMILES string of the molecule is Cc1cc(C)c(NC(=O)CN(C)C(=O)NCCc2cccc(Cl)c2)c(C)c1. The molecule has 0 atom stereocenters. The number of halogens is 1. The Labute approximate surface area is 165 Å². The summed E-state index contributed by atoms with van der Waals surface area (Å²) < 4.78 is 0. The molecule has 144 valence electrons. The molecule has 0 aliphatic rings. The lowest BCUT2D eigenvalue weighted by molar-refractivity contribution is -0.116. The van der Waals surface area contributed by atoms with Gasteiger partial charge in [0.2, 0.25) is 5.91 Å². The van der Waals surface area contributed by atoms with Gasteiger partial charge in [0.15, 0.2) is 0 Å². The number of nitrogens with zero attached hydrogens (tertiary/aromatic N) is 1. The largest absolute Gasteiger partial charge is 0.338 e. The third-order valence-electron chi connectivity index (χ3n) is 4.25. The van der Waals surface area contributed by atoms with Gasteiger partial charge in [0.25, 0.3) is 0 Å². The molecule has 2 aromatic carbocycles. The highest BCUT2D eigenvalue weighted by molar-refractivity contribution is 6.30. The maximum atomic E-state index is 12.3. The highest BCUT2D eigenvalue weighted by atomic mass is 35.5. The summed E-state index contributed by atoms with van der Waals surface area (Å²) in [5, 5.41) is 6.39. The van der Waals surface area contributed by atoms with Crippen molar-refractivity contribution < 1.29 is 9.59 Å². The first-order valence-corrected chi connectivity index (χ1v) is 9.25. The number of hydrogen-bond donors (Lipinski definition) is 2. The number of nitrogens with one attached hydrogen (secondary N) is 2. The molecule has 2 aromatic rings. The second-order valence-electron chi connectivity index (χ2n) is 6.79. The van der Waals surface area contributed by atoms with E-state index in [1.165, 1.54) is 4.90 Å². The normalized spacial score (nSPS) is 10.4. The molecule has 27 heavy (non-hydrogen) atoms. The molecule has 0 aliphatic heterocycles. The first kappa shape index (κ1) is 20.8. The summed E-state index contributed by atoms with van der Waals surface area (Å²) in [5.41, 5.74) is 5.03. The van der Waals surface area contributed by atoms with Crippen LogP contribution in [0.3, 0.4) is 0 Å². The van der Waals surface area contributed by atoms with Crippen LogP contribution < -0.4 is 10.6 Å². The zero-order chi connectivity index (χ0) is 20.0.